The lowest BCUT2D eigenvalue weighted by Gasteiger charge is -2.17. The molecule has 0 spiro atoms. The lowest BCUT2D eigenvalue weighted by Crippen LogP contribution is -2.43. The van der Waals surface area contributed by atoms with Crippen molar-refractivity contribution in [1.29, 1.82) is 0 Å². The Labute approximate surface area is 150 Å². The van der Waals surface area contributed by atoms with E-state index in [0.29, 0.717) is 12.4 Å². The van der Waals surface area contributed by atoms with E-state index >= 15 is 0 Å². The van der Waals surface area contributed by atoms with E-state index in [1.165, 1.54) is 22.6 Å². The topological polar surface area (TPSA) is 70.6 Å². The Morgan fingerprint density at radius 2 is 1.88 bits per heavy atom. The molecule has 25 heavy (non-hydrogen) atoms. The summed E-state index contributed by atoms with van der Waals surface area (Å²) in [6, 6.07) is 14.8. The Balaban J connectivity index is 1.86. The molecule has 0 bridgehead atoms. The zero-order chi connectivity index (χ0) is 18.3. The second-order valence-electron chi connectivity index (χ2n) is 6.35. The molecule has 0 aliphatic carbocycles. The first kappa shape index (κ1) is 19.2. The van der Waals surface area contributed by atoms with Crippen LogP contribution < -0.4 is 10.6 Å². The summed E-state index contributed by atoms with van der Waals surface area (Å²) in [6.45, 7) is 2.72. The number of nitrogens with zero attached hydrogens (tertiary/aromatic N) is 1. The maximum atomic E-state index is 11.3. The Morgan fingerprint density at radius 1 is 1.16 bits per heavy atom. The fourth-order valence-corrected chi connectivity index (χ4v) is 3.50. The molecule has 5 nitrogen and oxygen atoms in total. The predicted molar refractivity (Wildman–Crippen MR) is 106 cm³/mol. The minimum atomic E-state index is -2.94. The van der Waals surface area contributed by atoms with Crippen LogP contribution in [0.3, 0.4) is 0 Å². The molecule has 0 fully saturated rings. The van der Waals surface area contributed by atoms with E-state index in [4.69, 9.17) is 0 Å². The van der Waals surface area contributed by atoms with Crippen LogP contribution in [-0.4, -0.2) is 46.0 Å². The van der Waals surface area contributed by atoms with Crippen LogP contribution in [-0.2, 0) is 16.3 Å². The second-order valence-corrected chi connectivity index (χ2v) is 8.61. The number of rotatable bonds is 7. The highest BCUT2D eigenvalue weighted by Crippen LogP contribution is 2.18. The first-order chi connectivity index (χ1) is 11.9. The van der Waals surface area contributed by atoms with E-state index in [0.717, 1.165) is 13.0 Å². The minimum absolute atomic E-state index is 0.0403. The van der Waals surface area contributed by atoms with Crippen molar-refractivity contribution < 1.29 is 8.42 Å². The molecule has 2 aromatic carbocycles. The zero-order valence-electron chi connectivity index (χ0n) is 15.1. The van der Waals surface area contributed by atoms with E-state index < -0.39 is 9.84 Å². The molecule has 0 radical (unpaired) electrons. The summed E-state index contributed by atoms with van der Waals surface area (Å²) in [5, 5.41) is 9.06. The third-order valence-corrected chi connectivity index (χ3v) is 5.07. The van der Waals surface area contributed by atoms with Gasteiger partial charge in [0.05, 0.1) is 5.75 Å². The van der Waals surface area contributed by atoms with Crippen molar-refractivity contribution in [2.45, 2.75) is 25.8 Å². The fourth-order valence-electron chi connectivity index (χ4n) is 2.72. The number of benzene rings is 2. The number of hydrogen-bond acceptors (Lipinski definition) is 3. The van der Waals surface area contributed by atoms with Gasteiger partial charge in [-0.2, -0.15) is 0 Å². The van der Waals surface area contributed by atoms with Gasteiger partial charge in [0.15, 0.2) is 5.96 Å². The Kier molecular flexibility index (Phi) is 6.82. The lowest BCUT2D eigenvalue weighted by atomic mass is 10.0. The van der Waals surface area contributed by atoms with Crippen molar-refractivity contribution in [3.05, 3.63) is 48.0 Å². The van der Waals surface area contributed by atoms with Crippen molar-refractivity contribution in [3.63, 3.8) is 0 Å². The van der Waals surface area contributed by atoms with Crippen molar-refractivity contribution in [2.75, 3.05) is 25.6 Å². The van der Waals surface area contributed by atoms with Crippen molar-refractivity contribution in [2.24, 2.45) is 4.99 Å². The highest BCUT2D eigenvalue weighted by atomic mass is 32.2. The van der Waals surface area contributed by atoms with E-state index in [9.17, 15) is 8.42 Å². The van der Waals surface area contributed by atoms with Crippen molar-refractivity contribution >= 4 is 26.6 Å². The number of hydrogen-bond donors (Lipinski definition) is 2. The SMILES string of the molecule is CN=C(NCCc1cccc2ccccc12)NC(C)CCS(C)(=O)=O. The average Bonchev–Trinajstić information content (AvgIpc) is 2.58. The molecule has 6 heteroatoms. The lowest BCUT2D eigenvalue weighted by molar-refractivity contribution is 0.581. The predicted octanol–water partition coefficient (Wildman–Crippen LogP) is 2.37. The standard InChI is InChI=1S/C19H27N3O2S/c1-15(12-14-25(3,23)24)22-19(20-2)21-13-11-17-9-6-8-16-7-4-5-10-18(16)17/h4-10,15H,11-14H2,1-3H3,(H2,20,21,22). The largest absolute Gasteiger partial charge is 0.356 e. The molecule has 2 aromatic rings. The van der Waals surface area contributed by atoms with Gasteiger partial charge in [0.25, 0.3) is 0 Å². The molecule has 0 aromatic heterocycles. The smallest absolute Gasteiger partial charge is 0.191 e. The first-order valence-electron chi connectivity index (χ1n) is 8.50. The Morgan fingerprint density at radius 3 is 2.60 bits per heavy atom. The van der Waals surface area contributed by atoms with Gasteiger partial charge in [-0.1, -0.05) is 42.5 Å². The molecular weight excluding hydrogens is 334 g/mol. The summed E-state index contributed by atoms with van der Waals surface area (Å²) >= 11 is 0. The van der Waals surface area contributed by atoms with Crippen LogP contribution in [0.4, 0.5) is 0 Å². The third-order valence-electron chi connectivity index (χ3n) is 4.10. The Hall–Kier alpha value is -2.08. The Bertz CT molecular complexity index is 826. The van der Waals surface area contributed by atoms with Gasteiger partial charge in [-0.25, -0.2) is 8.42 Å². The summed E-state index contributed by atoms with van der Waals surface area (Å²) in [6.07, 6.45) is 2.71. The third kappa shape index (κ3) is 6.38. The van der Waals surface area contributed by atoms with Crippen LogP contribution >= 0.6 is 0 Å². The minimum Gasteiger partial charge on any atom is -0.356 e. The quantitative estimate of drug-likeness (QED) is 0.587. The zero-order valence-corrected chi connectivity index (χ0v) is 15.9. The molecule has 0 saturated heterocycles. The van der Waals surface area contributed by atoms with Crippen LogP contribution in [0, 0.1) is 0 Å². The molecule has 136 valence electrons. The van der Waals surface area contributed by atoms with Gasteiger partial charge < -0.3 is 10.6 Å². The molecule has 2 rings (SSSR count). The second kappa shape index (κ2) is 8.85. The highest BCUT2D eigenvalue weighted by molar-refractivity contribution is 7.90. The van der Waals surface area contributed by atoms with E-state index in [1.54, 1.807) is 7.05 Å². The summed E-state index contributed by atoms with van der Waals surface area (Å²) in [4.78, 5) is 4.21. The number of nitrogens with one attached hydrogen (secondary N) is 2. The van der Waals surface area contributed by atoms with Crippen LogP contribution in [0.5, 0.6) is 0 Å². The van der Waals surface area contributed by atoms with E-state index in [-0.39, 0.29) is 11.8 Å². The monoisotopic (exact) mass is 361 g/mol. The van der Waals surface area contributed by atoms with Crippen LogP contribution in [0.15, 0.2) is 47.5 Å². The highest BCUT2D eigenvalue weighted by Gasteiger charge is 2.09. The summed E-state index contributed by atoms with van der Waals surface area (Å²) < 4.78 is 22.5. The molecule has 0 saturated carbocycles. The maximum Gasteiger partial charge on any atom is 0.191 e. The number of guanidine groups is 1. The van der Waals surface area contributed by atoms with Gasteiger partial charge in [0.1, 0.15) is 9.84 Å². The summed E-state index contributed by atoms with van der Waals surface area (Å²) in [7, 11) is -1.22. The first-order valence-corrected chi connectivity index (χ1v) is 10.6. The fraction of sp³-hybridized carbons (Fsp3) is 0.421. The number of fused-ring (bicyclic) bond motifs is 1. The number of sulfone groups is 1. The average molecular weight is 362 g/mol. The number of aliphatic imine (C=N–C) groups is 1. The van der Waals surface area contributed by atoms with E-state index in [2.05, 4.69) is 52.0 Å². The molecule has 2 N–H and O–H groups in total. The van der Waals surface area contributed by atoms with Crippen molar-refractivity contribution in [3.8, 4) is 0 Å². The van der Waals surface area contributed by atoms with Crippen LogP contribution in [0.1, 0.15) is 18.9 Å². The maximum absolute atomic E-state index is 11.3. The summed E-state index contributed by atoms with van der Waals surface area (Å²) in [5.74, 6) is 0.870. The van der Waals surface area contributed by atoms with Gasteiger partial charge in [0.2, 0.25) is 0 Å². The normalized spacial score (nSPS) is 13.6. The van der Waals surface area contributed by atoms with Gasteiger partial charge in [-0.05, 0) is 36.1 Å². The van der Waals surface area contributed by atoms with Gasteiger partial charge in [0, 0.05) is 25.9 Å². The molecule has 0 aliphatic heterocycles. The molecule has 1 unspecified atom stereocenters. The molecular formula is C19H27N3O2S. The summed E-state index contributed by atoms with van der Waals surface area (Å²) in [5.41, 5.74) is 1.30. The molecule has 0 amide bonds. The van der Waals surface area contributed by atoms with Crippen LogP contribution in [0.2, 0.25) is 0 Å². The van der Waals surface area contributed by atoms with Gasteiger partial charge in [-0.15, -0.1) is 0 Å². The van der Waals surface area contributed by atoms with Crippen LogP contribution in [0.25, 0.3) is 10.8 Å². The molecule has 0 heterocycles. The van der Waals surface area contributed by atoms with E-state index in [1.807, 2.05) is 13.0 Å². The van der Waals surface area contributed by atoms with Crippen molar-refractivity contribution in [1.82, 2.24) is 10.6 Å². The molecule has 1 atom stereocenters. The van der Waals surface area contributed by atoms with Gasteiger partial charge in [-0.3, -0.25) is 4.99 Å². The molecule has 0 aliphatic rings. The van der Waals surface area contributed by atoms with Gasteiger partial charge >= 0.3 is 0 Å².